The lowest BCUT2D eigenvalue weighted by Gasteiger charge is -2.37. The molecule has 1 aromatic carbocycles. The van der Waals surface area contributed by atoms with Crippen LogP contribution in [0, 0.1) is 5.82 Å². The second kappa shape index (κ2) is 8.08. The molecule has 5 heteroatoms. The Balaban J connectivity index is 1.36. The highest BCUT2D eigenvalue weighted by atomic mass is 19.1. The number of benzene rings is 1. The fraction of sp³-hybridized carbons (Fsp3) is 0.667. The summed E-state index contributed by atoms with van der Waals surface area (Å²) in [6.45, 7) is 12.2. The van der Waals surface area contributed by atoms with Gasteiger partial charge in [0.25, 0.3) is 0 Å². The van der Waals surface area contributed by atoms with Crippen molar-refractivity contribution in [1.82, 2.24) is 14.7 Å². The van der Waals surface area contributed by atoms with Crippen LogP contribution in [0.2, 0.25) is 0 Å². The van der Waals surface area contributed by atoms with Gasteiger partial charge in [0.15, 0.2) is 0 Å². The van der Waals surface area contributed by atoms with Crippen molar-refractivity contribution in [2.45, 2.75) is 19.4 Å². The van der Waals surface area contributed by atoms with E-state index in [-0.39, 0.29) is 5.82 Å². The molecule has 3 rings (SSSR count). The fourth-order valence-electron chi connectivity index (χ4n) is 3.58. The summed E-state index contributed by atoms with van der Waals surface area (Å²) >= 11 is 0. The molecule has 0 N–H and O–H groups in total. The molecular formula is C18H28FN3O. The van der Waals surface area contributed by atoms with Crippen LogP contribution in [0.5, 0.6) is 5.75 Å². The van der Waals surface area contributed by atoms with Crippen molar-refractivity contribution >= 4 is 0 Å². The first-order chi connectivity index (χ1) is 11.2. The summed E-state index contributed by atoms with van der Waals surface area (Å²) in [7, 11) is 0. The zero-order valence-corrected chi connectivity index (χ0v) is 14.1. The third kappa shape index (κ3) is 4.66. The van der Waals surface area contributed by atoms with Crippen LogP contribution in [0.25, 0.3) is 0 Å². The highest BCUT2D eigenvalue weighted by Gasteiger charge is 2.29. The zero-order valence-electron chi connectivity index (χ0n) is 14.1. The lowest BCUT2D eigenvalue weighted by Crippen LogP contribution is -2.50. The van der Waals surface area contributed by atoms with Gasteiger partial charge in [0.2, 0.25) is 0 Å². The molecule has 1 atom stereocenters. The molecule has 2 saturated heterocycles. The van der Waals surface area contributed by atoms with E-state index in [1.807, 2.05) is 0 Å². The Hall–Kier alpha value is -1.17. The molecule has 0 aromatic heterocycles. The number of rotatable bonds is 6. The first kappa shape index (κ1) is 16.7. The molecule has 2 fully saturated rings. The molecule has 0 radical (unpaired) electrons. The van der Waals surface area contributed by atoms with E-state index in [4.69, 9.17) is 4.74 Å². The summed E-state index contributed by atoms with van der Waals surface area (Å²) in [6.07, 6.45) is 1.27. The Labute approximate surface area is 138 Å². The van der Waals surface area contributed by atoms with Gasteiger partial charge in [0, 0.05) is 45.3 Å². The largest absolute Gasteiger partial charge is 0.492 e. The minimum Gasteiger partial charge on any atom is -0.492 e. The van der Waals surface area contributed by atoms with E-state index in [0.717, 1.165) is 25.4 Å². The van der Waals surface area contributed by atoms with Gasteiger partial charge in [0.1, 0.15) is 18.2 Å². The topological polar surface area (TPSA) is 19.0 Å². The lowest BCUT2D eigenvalue weighted by atomic mass is 10.2. The summed E-state index contributed by atoms with van der Waals surface area (Å²) in [5, 5.41) is 0. The number of hydrogen-bond donors (Lipinski definition) is 0. The molecule has 2 aliphatic rings. The van der Waals surface area contributed by atoms with Crippen LogP contribution < -0.4 is 4.74 Å². The SMILES string of the molecule is CCN1CCN([C@@H]2CCN(CCOc3ccc(F)cc3)C2)CC1. The highest BCUT2D eigenvalue weighted by Crippen LogP contribution is 2.17. The van der Waals surface area contributed by atoms with Crippen LogP contribution in [0.15, 0.2) is 24.3 Å². The van der Waals surface area contributed by atoms with Gasteiger partial charge >= 0.3 is 0 Å². The van der Waals surface area contributed by atoms with E-state index in [9.17, 15) is 4.39 Å². The first-order valence-electron chi connectivity index (χ1n) is 8.81. The molecule has 4 nitrogen and oxygen atoms in total. The van der Waals surface area contributed by atoms with Crippen LogP contribution in [0.4, 0.5) is 4.39 Å². The Bertz CT molecular complexity index is 474. The number of likely N-dealkylation sites (N-methyl/N-ethyl adjacent to an activating group) is 1. The minimum absolute atomic E-state index is 0.220. The second-order valence-electron chi connectivity index (χ2n) is 6.52. The van der Waals surface area contributed by atoms with Crippen molar-refractivity contribution in [2.24, 2.45) is 0 Å². The van der Waals surface area contributed by atoms with E-state index in [1.54, 1.807) is 12.1 Å². The van der Waals surface area contributed by atoms with E-state index in [1.165, 1.54) is 51.3 Å². The fourth-order valence-corrected chi connectivity index (χ4v) is 3.58. The molecule has 128 valence electrons. The van der Waals surface area contributed by atoms with Gasteiger partial charge < -0.3 is 9.64 Å². The molecule has 0 saturated carbocycles. The normalized spacial score (nSPS) is 24.2. The summed E-state index contributed by atoms with van der Waals surface area (Å²) in [4.78, 5) is 7.67. The lowest BCUT2D eigenvalue weighted by molar-refractivity contribution is 0.1000. The maximum atomic E-state index is 12.8. The Morgan fingerprint density at radius 3 is 2.48 bits per heavy atom. The first-order valence-corrected chi connectivity index (χ1v) is 8.81. The van der Waals surface area contributed by atoms with Crippen molar-refractivity contribution in [3.8, 4) is 5.75 Å². The predicted molar refractivity (Wildman–Crippen MR) is 90.4 cm³/mol. The van der Waals surface area contributed by atoms with Crippen molar-refractivity contribution < 1.29 is 9.13 Å². The Morgan fingerprint density at radius 2 is 1.78 bits per heavy atom. The predicted octanol–water partition coefficient (Wildman–Crippen LogP) is 1.92. The molecule has 0 amide bonds. The molecule has 0 unspecified atom stereocenters. The summed E-state index contributed by atoms with van der Waals surface area (Å²) in [5.41, 5.74) is 0. The molecule has 0 bridgehead atoms. The van der Waals surface area contributed by atoms with Crippen molar-refractivity contribution in [1.29, 1.82) is 0 Å². The number of hydrogen-bond acceptors (Lipinski definition) is 4. The van der Waals surface area contributed by atoms with E-state index >= 15 is 0 Å². The van der Waals surface area contributed by atoms with Crippen molar-refractivity contribution in [3.05, 3.63) is 30.1 Å². The zero-order chi connectivity index (χ0) is 16.1. The number of nitrogens with zero attached hydrogens (tertiary/aromatic N) is 3. The molecule has 2 heterocycles. The Morgan fingerprint density at radius 1 is 1.04 bits per heavy atom. The number of ether oxygens (including phenoxy) is 1. The van der Waals surface area contributed by atoms with E-state index in [2.05, 4.69) is 21.6 Å². The van der Waals surface area contributed by atoms with E-state index in [0.29, 0.717) is 12.6 Å². The maximum absolute atomic E-state index is 12.8. The maximum Gasteiger partial charge on any atom is 0.123 e. The summed E-state index contributed by atoms with van der Waals surface area (Å²) < 4.78 is 18.6. The molecule has 0 spiro atoms. The molecule has 23 heavy (non-hydrogen) atoms. The number of likely N-dealkylation sites (tertiary alicyclic amines) is 1. The van der Waals surface area contributed by atoms with Crippen LogP contribution >= 0.6 is 0 Å². The molecule has 0 aliphatic carbocycles. The highest BCUT2D eigenvalue weighted by molar-refractivity contribution is 5.21. The van der Waals surface area contributed by atoms with Gasteiger partial charge in [-0.1, -0.05) is 6.92 Å². The third-order valence-electron chi connectivity index (χ3n) is 5.11. The molecule has 2 aliphatic heterocycles. The van der Waals surface area contributed by atoms with Gasteiger partial charge in [-0.05, 0) is 43.8 Å². The van der Waals surface area contributed by atoms with Gasteiger partial charge in [-0.2, -0.15) is 0 Å². The second-order valence-corrected chi connectivity index (χ2v) is 6.52. The minimum atomic E-state index is -0.220. The molecular weight excluding hydrogens is 293 g/mol. The number of piperazine rings is 1. The van der Waals surface area contributed by atoms with Gasteiger partial charge in [-0.15, -0.1) is 0 Å². The smallest absolute Gasteiger partial charge is 0.123 e. The van der Waals surface area contributed by atoms with Gasteiger partial charge in [0.05, 0.1) is 0 Å². The van der Waals surface area contributed by atoms with Crippen LogP contribution in [-0.2, 0) is 0 Å². The number of halogens is 1. The van der Waals surface area contributed by atoms with E-state index < -0.39 is 0 Å². The molecule has 1 aromatic rings. The van der Waals surface area contributed by atoms with Crippen LogP contribution in [-0.4, -0.2) is 79.7 Å². The Kier molecular flexibility index (Phi) is 5.86. The average molecular weight is 321 g/mol. The van der Waals surface area contributed by atoms with Gasteiger partial charge in [-0.25, -0.2) is 4.39 Å². The standard InChI is InChI=1S/C18H28FN3O/c1-2-20-9-11-22(12-10-20)17-7-8-21(15-17)13-14-23-18-5-3-16(19)4-6-18/h3-6,17H,2,7-15H2,1H3/t17-/m1/s1. The van der Waals surface area contributed by atoms with Crippen molar-refractivity contribution in [3.63, 3.8) is 0 Å². The van der Waals surface area contributed by atoms with Crippen molar-refractivity contribution in [2.75, 3.05) is 59.0 Å². The summed E-state index contributed by atoms with van der Waals surface area (Å²) in [6, 6.07) is 6.97. The third-order valence-corrected chi connectivity index (χ3v) is 5.11. The quantitative estimate of drug-likeness (QED) is 0.797. The summed E-state index contributed by atoms with van der Waals surface area (Å²) in [5.74, 6) is 0.528. The van der Waals surface area contributed by atoms with Gasteiger partial charge in [-0.3, -0.25) is 9.80 Å². The average Bonchev–Trinajstić information content (AvgIpc) is 3.06. The van der Waals surface area contributed by atoms with Crippen LogP contribution in [0.3, 0.4) is 0 Å². The monoisotopic (exact) mass is 321 g/mol. The van der Waals surface area contributed by atoms with Crippen LogP contribution in [0.1, 0.15) is 13.3 Å².